The van der Waals surface area contributed by atoms with Crippen molar-refractivity contribution >= 4 is 8.80 Å². The van der Waals surface area contributed by atoms with Crippen molar-refractivity contribution in [3.05, 3.63) is 0 Å². The van der Waals surface area contributed by atoms with Gasteiger partial charge in [-0.2, -0.15) is 0 Å². The zero-order chi connectivity index (χ0) is 14.7. The molecule has 1 fully saturated rings. The van der Waals surface area contributed by atoms with Crippen molar-refractivity contribution in [2.24, 2.45) is 0 Å². The summed E-state index contributed by atoms with van der Waals surface area (Å²) >= 11 is 0. The van der Waals surface area contributed by atoms with E-state index in [1.807, 2.05) is 0 Å². The van der Waals surface area contributed by atoms with E-state index in [-0.39, 0.29) is 0 Å². The lowest BCUT2D eigenvalue weighted by atomic mass is 10.2. The molecule has 4 nitrogen and oxygen atoms in total. The van der Waals surface area contributed by atoms with E-state index in [0.29, 0.717) is 6.10 Å². The molecule has 5 heteroatoms. The third-order valence-corrected chi connectivity index (χ3v) is 6.14. The molecule has 0 aromatic rings. The third-order valence-electron chi connectivity index (χ3n) is 3.24. The van der Waals surface area contributed by atoms with Crippen molar-refractivity contribution < 1.29 is 18.0 Å². The van der Waals surface area contributed by atoms with Crippen LogP contribution in [-0.2, 0) is 18.0 Å². The molecule has 0 aliphatic carbocycles. The Morgan fingerprint density at radius 1 is 0.900 bits per heavy atom. The molecule has 0 spiro atoms. The summed E-state index contributed by atoms with van der Waals surface area (Å²) < 4.78 is 23.5. The van der Waals surface area contributed by atoms with Crippen LogP contribution in [0.4, 0.5) is 0 Å². The molecule has 1 atom stereocenters. The molecule has 0 bridgehead atoms. The van der Waals surface area contributed by atoms with Crippen LogP contribution in [0.5, 0.6) is 0 Å². The summed E-state index contributed by atoms with van der Waals surface area (Å²) in [6.45, 7) is 9.56. The lowest BCUT2D eigenvalue weighted by molar-refractivity contribution is 0.0585. The second-order valence-corrected chi connectivity index (χ2v) is 8.16. The number of rotatable bonds is 14. The molecule has 1 saturated heterocycles. The van der Waals surface area contributed by atoms with E-state index in [2.05, 4.69) is 20.8 Å². The fourth-order valence-electron chi connectivity index (χ4n) is 2.06. The Labute approximate surface area is 125 Å². The Hall–Kier alpha value is 0.0569. The average Bonchev–Trinajstić information content (AvgIpc) is 3.29. The van der Waals surface area contributed by atoms with Gasteiger partial charge in [-0.25, -0.2) is 0 Å². The molecular weight excluding hydrogens is 272 g/mol. The molecule has 1 unspecified atom stereocenters. The topological polar surface area (TPSA) is 40.2 Å². The molecule has 1 rings (SSSR count). The minimum absolute atomic E-state index is 0.524. The minimum Gasteiger partial charge on any atom is -0.373 e. The van der Waals surface area contributed by atoms with E-state index >= 15 is 0 Å². The Bertz CT molecular complexity index is 212. The van der Waals surface area contributed by atoms with E-state index < -0.39 is 8.80 Å². The van der Waals surface area contributed by atoms with Crippen LogP contribution in [0.3, 0.4) is 0 Å². The summed E-state index contributed by atoms with van der Waals surface area (Å²) in [5.74, 6) is 0. The van der Waals surface area contributed by atoms with Crippen molar-refractivity contribution in [2.45, 2.75) is 71.4 Å². The van der Waals surface area contributed by atoms with E-state index in [0.717, 1.165) is 58.2 Å². The standard InChI is InChI=1S/C15H32O4Si/c1-4-10-17-20(18-11-5-2,19-12-6-3)13-8-7-9-15-14-16-15/h15H,4-14H2,1-3H3. The average molecular weight is 305 g/mol. The van der Waals surface area contributed by atoms with Gasteiger partial charge in [0.1, 0.15) is 0 Å². The van der Waals surface area contributed by atoms with Gasteiger partial charge in [0.2, 0.25) is 0 Å². The molecule has 0 radical (unpaired) electrons. The molecule has 0 saturated carbocycles. The molecule has 1 aliphatic heterocycles. The first-order chi connectivity index (χ1) is 9.76. The Morgan fingerprint density at radius 3 is 1.80 bits per heavy atom. The molecular formula is C15H32O4Si. The number of epoxide rings is 1. The van der Waals surface area contributed by atoms with Gasteiger partial charge < -0.3 is 18.0 Å². The van der Waals surface area contributed by atoms with Crippen LogP contribution in [0.15, 0.2) is 0 Å². The fraction of sp³-hybridized carbons (Fsp3) is 1.00. The second-order valence-electron chi connectivity index (χ2n) is 5.43. The molecule has 1 heterocycles. The molecule has 0 amide bonds. The van der Waals surface area contributed by atoms with Crippen LogP contribution < -0.4 is 0 Å². The summed E-state index contributed by atoms with van der Waals surface area (Å²) in [4.78, 5) is 0. The summed E-state index contributed by atoms with van der Waals surface area (Å²) in [7, 11) is -2.45. The van der Waals surface area contributed by atoms with Crippen molar-refractivity contribution in [3.63, 3.8) is 0 Å². The molecule has 20 heavy (non-hydrogen) atoms. The van der Waals surface area contributed by atoms with Gasteiger partial charge in [-0.1, -0.05) is 27.2 Å². The van der Waals surface area contributed by atoms with Crippen LogP contribution >= 0.6 is 0 Å². The Balaban J connectivity index is 2.40. The predicted octanol–water partition coefficient (Wildman–Crippen LogP) is 3.77. The highest BCUT2D eigenvalue weighted by Gasteiger charge is 2.40. The van der Waals surface area contributed by atoms with Crippen LogP contribution in [-0.4, -0.2) is 41.3 Å². The SMILES string of the molecule is CCCO[Si](CCCCC1CO1)(OCCC)OCCC. The second kappa shape index (κ2) is 10.7. The first-order valence-corrected chi connectivity index (χ1v) is 10.2. The fourth-order valence-corrected chi connectivity index (χ4v) is 4.97. The van der Waals surface area contributed by atoms with E-state index in [1.54, 1.807) is 0 Å². The smallest absolute Gasteiger partial charge is 0.373 e. The minimum atomic E-state index is -2.45. The summed E-state index contributed by atoms with van der Waals surface area (Å²) in [5, 5.41) is 0. The van der Waals surface area contributed by atoms with E-state index in [4.69, 9.17) is 18.0 Å². The van der Waals surface area contributed by atoms with Crippen LogP contribution in [0.25, 0.3) is 0 Å². The van der Waals surface area contributed by atoms with Gasteiger partial charge in [0.15, 0.2) is 0 Å². The monoisotopic (exact) mass is 304 g/mol. The first-order valence-electron chi connectivity index (χ1n) is 8.29. The predicted molar refractivity (Wildman–Crippen MR) is 82.9 cm³/mol. The number of unbranched alkanes of at least 4 members (excludes halogenated alkanes) is 1. The Kier molecular flexibility index (Phi) is 9.72. The summed E-state index contributed by atoms with van der Waals surface area (Å²) in [6, 6.07) is 0.944. The summed E-state index contributed by atoms with van der Waals surface area (Å²) in [6.07, 6.45) is 7.01. The number of hydrogen-bond donors (Lipinski definition) is 0. The maximum atomic E-state index is 6.07. The first kappa shape index (κ1) is 18.1. The van der Waals surface area contributed by atoms with E-state index in [9.17, 15) is 0 Å². The quantitative estimate of drug-likeness (QED) is 0.278. The maximum absolute atomic E-state index is 6.07. The number of ether oxygens (including phenoxy) is 1. The van der Waals surface area contributed by atoms with Gasteiger partial charge in [-0.15, -0.1) is 0 Å². The number of hydrogen-bond acceptors (Lipinski definition) is 4. The highest BCUT2D eigenvalue weighted by Crippen LogP contribution is 2.23. The van der Waals surface area contributed by atoms with Crippen molar-refractivity contribution in [3.8, 4) is 0 Å². The molecule has 0 aromatic heterocycles. The van der Waals surface area contributed by atoms with Crippen LogP contribution in [0.2, 0.25) is 6.04 Å². The highest BCUT2D eigenvalue weighted by molar-refractivity contribution is 6.60. The van der Waals surface area contributed by atoms with Gasteiger partial charge >= 0.3 is 8.80 Å². The van der Waals surface area contributed by atoms with Crippen LogP contribution in [0.1, 0.15) is 59.3 Å². The zero-order valence-corrected chi connectivity index (χ0v) is 14.5. The molecule has 120 valence electrons. The highest BCUT2D eigenvalue weighted by atomic mass is 28.4. The lowest BCUT2D eigenvalue weighted by Crippen LogP contribution is -2.46. The molecule has 1 aliphatic rings. The van der Waals surface area contributed by atoms with Crippen LogP contribution in [0, 0.1) is 0 Å². The van der Waals surface area contributed by atoms with Gasteiger partial charge in [-0.05, 0) is 32.1 Å². The normalized spacial score (nSPS) is 18.4. The Morgan fingerprint density at radius 2 is 1.40 bits per heavy atom. The largest absolute Gasteiger partial charge is 0.500 e. The molecule has 0 aromatic carbocycles. The van der Waals surface area contributed by atoms with Crippen molar-refractivity contribution in [1.82, 2.24) is 0 Å². The van der Waals surface area contributed by atoms with Crippen molar-refractivity contribution in [2.75, 3.05) is 26.4 Å². The van der Waals surface area contributed by atoms with Crippen molar-refractivity contribution in [1.29, 1.82) is 0 Å². The van der Waals surface area contributed by atoms with Gasteiger partial charge in [0, 0.05) is 25.9 Å². The lowest BCUT2D eigenvalue weighted by Gasteiger charge is -2.29. The maximum Gasteiger partial charge on any atom is 0.500 e. The third kappa shape index (κ3) is 7.74. The zero-order valence-electron chi connectivity index (χ0n) is 13.5. The van der Waals surface area contributed by atoms with E-state index in [1.165, 1.54) is 12.8 Å². The van der Waals surface area contributed by atoms with Gasteiger partial charge in [0.05, 0.1) is 12.7 Å². The van der Waals surface area contributed by atoms with Gasteiger partial charge in [-0.3, -0.25) is 0 Å². The summed E-state index contributed by atoms with van der Waals surface area (Å²) in [5.41, 5.74) is 0. The molecule has 0 N–H and O–H groups in total. The van der Waals surface area contributed by atoms with Gasteiger partial charge in [0.25, 0.3) is 0 Å².